The molecule has 0 fully saturated rings. The molecule has 3 heterocycles. The molecule has 0 atom stereocenters. The number of alkyl halides is 2. The number of rotatable bonds is 10. The van der Waals surface area contributed by atoms with Crippen molar-refractivity contribution in [3.63, 3.8) is 0 Å². The van der Waals surface area contributed by atoms with Crippen LogP contribution in [0.1, 0.15) is 52.0 Å². The highest BCUT2D eigenvalue weighted by molar-refractivity contribution is 5.92. The molecular weight excluding hydrogens is 424 g/mol. The summed E-state index contributed by atoms with van der Waals surface area (Å²) in [7, 11) is 1.52. The Morgan fingerprint density at radius 2 is 1.62 bits per heavy atom. The molecular formula is C19H23F2N9O2. The fourth-order valence-electron chi connectivity index (χ4n) is 2.81. The second-order valence-corrected chi connectivity index (χ2v) is 7.13. The van der Waals surface area contributed by atoms with Gasteiger partial charge < -0.3 is 10.6 Å². The lowest BCUT2D eigenvalue weighted by molar-refractivity contribution is 0.0173. The minimum atomic E-state index is -2.98. The lowest BCUT2D eigenvalue weighted by atomic mass is 10.1. The number of aryl methyl sites for hydroxylation is 2. The number of pyridine rings is 1. The molecule has 13 heteroatoms. The third-order valence-corrected chi connectivity index (χ3v) is 4.55. The highest BCUT2D eigenvalue weighted by Gasteiger charge is 2.24. The first kappa shape index (κ1) is 22.9. The Bertz CT molecular complexity index is 1070. The van der Waals surface area contributed by atoms with Gasteiger partial charge in [0.15, 0.2) is 11.4 Å². The molecule has 3 aromatic heterocycles. The molecule has 0 unspecified atom stereocenters. The van der Waals surface area contributed by atoms with Crippen LogP contribution in [-0.2, 0) is 25.6 Å². The van der Waals surface area contributed by atoms with Gasteiger partial charge in [-0.3, -0.25) is 23.9 Å². The maximum absolute atomic E-state index is 13.4. The van der Waals surface area contributed by atoms with E-state index in [0.29, 0.717) is 18.8 Å². The monoisotopic (exact) mass is 447 g/mol. The average molecular weight is 447 g/mol. The number of aromatic nitrogens is 7. The third kappa shape index (κ3) is 6.12. The zero-order valence-corrected chi connectivity index (χ0v) is 17.6. The quantitative estimate of drug-likeness (QED) is 0.446. The lowest BCUT2D eigenvalue weighted by Gasteiger charge is -2.11. The summed E-state index contributed by atoms with van der Waals surface area (Å²) in [5.41, 5.74) is 0.522. The predicted molar refractivity (Wildman–Crippen MR) is 108 cm³/mol. The topological polar surface area (TPSA) is 133 Å². The van der Waals surface area contributed by atoms with Gasteiger partial charge in [-0.05, 0) is 25.0 Å². The largest absolute Gasteiger partial charge is 0.354 e. The van der Waals surface area contributed by atoms with E-state index in [1.807, 2.05) is 0 Å². The summed E-state index contributed by atoms with van der Waals surface area (Å²) in [4.78, 5) is 27.7. The first-order valence-corrected chi connectivity index (χ1v) is 9.90. The number of unbranched alkanes of at least 4 members (excludes halogenated alkanes) is 1. The fourth-order valence-corrected chi connectivity index (χ4v) is 2.81. The van der Waals surface area contributed by atoms with Gasteiger partial charge in [-0.15, -0.1) is 10.2 Å². The summed E-state index contributed by atoms with van der Waals surface area (Å²) in [6.07, 6.45) is 5.86. The van der Waals surface area contributed by atoms with Crippen LogP contribution in [0.5, 0.6) is 0 Å². The maximum atomic E-state index is 13.4. The fraction of sp³-hybridized carbons (Fsp3) is 0.421. The molecule has 3 rings (SSSR count). The number of nitrogens with zero attached hydrogens (tertiary/aromatic N) is 7. The second-order valence-electron chi connectivity index (χ2n) is 7.13. The van der Waals surface area contributed by atoms with Crippen molar-refractivity contribution in [1.82, 2.24) is 45.6 Å². The summed E-state index contributed by atoms with van der Waals surface area (Å²) in [5, 5.41) is 20.5. The molecule has 3 aromatic rings. The van der Waals surface area contributed by atoms with Gasteiger partial charge in [0.2, 0.25) is 0 Å². The Morgan fingerprint density at radius 3 is 2.19 bits per heavy atom. The Kier molecular flexibility index (Phi) is 7.18. The third-order valence-electron chi connectivity index (χ3n) is 4.55. The van der Waals surface area contributed by atoms with Crippen molar-refractivity contribution in [2.75, 3.05) is 7.05 Å². The van der Waals surface area contributed by atoms with Crippen LogP contribution in [0.25, 0.3) is 0 Å². The van der Waals surface area contributed by atoms with Crippen molar-refractivity contribution in [3.8, 4) is 0 Å². The van der Waals surface area contributed by atoms with Gasteiger partial charge in [0.05, 0.1) is 24.6 Å². The van der Waals surface area contributed by atoms with E-state index in [1.165, 1.54) is 31.6 Å². The minimum absolute atomic E-state index is 0.00837. The number of hydrogen-bond acceptors (Lipinski definition) is 7. The highest BCUT2D eigenvalue weighted by Crippen LogP contribution is 2.26. The van der Waals surface area contributed by atoms with Gasteiger partial charge in [0, 0.05) is 38.8 Å². The Hall–Kier alpha value is -3.77. The Morgan fingerprint density at radius 1 is 1.03 bits per heavy atom. The van der Waals surface area contributed by atoms with Gasteiger partial charge in [0.1, 0.15) is 0 Å². The number of hydrogen-bond donors (Lipinski definition) is 2. The Balaban J connectivity index is 1.43. The maximum Gasteiger partial charge on any atom is 0.273 e. The van der Waals surface area contributed by atoms with E-state index in [2.05, 4.69) is 36.2 Å². The van der Waals surface area contributed by atoms with Crippen LogP contribution in [0.15, 0.2) is 30.7 Å². The van der Waals surface area contributed by atoms with Crippen molar-refractivity contribution in [2.24, 2.45) is 0 Å². The lowest BCUT2D eigenvalue weighted by Crippen LogP contribution is -2.24. The molecule has 0 aromatic carbocycles. The molecule has 0 radical (unpaired) electrons. The first-order chi connectivity index (χ1) is 15.3. The van der Waals surface area contributed by atoms with Crippen molar-refractivity contribution in [3.05, 3.63) is 53.4 Å². The van der Waals surface area contributed by atoms with E-state index in [-0.39, 0.29) is 29.4 Å². The molecule has 0 aliphatic heterocycles. The normalized spacial score (nSPS) is 11.4. The molecule has 2 N–H and O–H groups in total. The van der Waals surface area contributed by atoms with Gasteiger partial charge >= 0.3 is 0 Å². The van der Waals surface area contributed by atoms with Crippen molar-refractivity contribution in [2.45, 2.75) is 45.3 Å². The van der Waals surface area contributed by atoms with Crippen LogP contribution >= 0.6 is 0 Å². The summed E-state index contributed by atoms with van der Waals surface area (Å²) in [6.45, 7) is 1.91. The van der Waals surface area contributed by atoms with Crippen LogP contribution in [0.3, 0.4) is 0 Å². The van der Waals surface area contributed by atoms with Crippen LogP contribution < -0.4 is 10.6 Å². The molecule has 2 amide bonds. The number of carbonyl (C=O) groups excluding carboxylic acids is 2. The van der Waals surface area contributed by atoms with Crippen molar-refractivity contribution in [1.29, 1.82) is 0 Å². The molecule has 0 saturated carbocycles. The van der Waals surface area contributed by atoms with E-state index >= 15 is 0 Å². The standard InChI is InChI=1S/C19H23F2N9O2/c1-19(20,21)13-5-6-23-14(9-13)10-24-18(32)16-12-30(28-26-16)8-4-3-7-29-11-15(25-27-29)17(31)22-2/h5-6,9,11-12H,3-4,7-8,10H2,1-2H3,(H,22,31)(H,24,32). The number of amides is 2. The Labute approximate surface area is 182 Å². The number of nitrogens with one attached hydrogen (secondary N) is 2. The van der Waals surface area contributed by atoms with E-state index in [1.54, 1.807) is 15.6 Å². The SMILES string of the molecule is CNC(=O)c1cn(CCCCn2cc(C(=O)NCc3cc(C(C)(F)F)ccn3)nn2)nn1. The van der Waals surface area contributed by atoms with Gasteiger partial charge in [-0.2, -0.15) is 0 Å². The van der Waals surface area contributed by atoms with Gasteiger partial charge in [0.25, 0.3) is 17.7 Å². The molecule has 32 heavy (non-hydrogen) atoms. The molecule has 0 saturated heterocycles. The van der Waals surface area contributed by atoms with Gasteiger partial charge in [-0.25, -0.2) is 8.78 Å². The minimum Gasteiger partial charge on any atom is -0.354 e. The molecule has 0 bridgehead atoms. The zero-order chi connectivity index (χ0) is 23.1. The molecule has 0 aliphatic carbocycles. The van der Waals surface area contributed by atoms with E-state index in [0.717, 1.165) is 19.8 Å². The van der Waals surface area contributed by atoms with E-state index in [9.17, 15) is 18.4 Å². The van der Waals surface area contributed by atoms with Crippen molar-refractivity contribution < 1.29 is 18.4 Å². The molecule has 0 aliphatic rings. The van der Waals surface area contributed by atoms with Crippen LogP contribution in [0.4, 0.5) is 8.78 Å². The van der Waals surface area contributed by atoms with Crippen LogP contribution in [0, 0.1) is 0 Å². The summed E-state index contributed by atoms with van der Waals surface area (Å²) < 4.78 is 30.0. The predicted octanol–water partition coefficient (Wildman–Crippen LogP) is 1.15. The summed E-state index contributed by atoms with van der Waals surface area (Å²) in [6, 6.07) is 2.49. The van der Waals surface area contributed by atoms with Gasteiger partial charge in [-0.1, -0.05) is 10.4 Å². The van der Waals surface area contributed by atoms with E-state index < -0.39 is 11.8 Å². The average Bonchev–Trinajstić information content (AvgIpc) is 3.44. The van der Waals surface area contributed by atoms with Crippen LogP contribution in [0.2, 0.25) is 0 Å². The highest BCUT2D eigenvalue weighted by atomic mass is 19.3. The first-order valence-electron chi connectivity index (χ1n) is 9.90. The zero-order valence-electron chi connectivity index (χ0n) is 17.6. The smallest absolute Gasteiger partial charge is 0.273 e. The second kappa shape index (κ2) is 10.0. The number of halogens is 2. The molecule has 170 valence electrons. The molecule has 11 nitrogen and oxygen atoms in total. The molecule has 0 spiro atoms. The van der Waals surface area contributed by atoms with Crippen molar-refractivity contribution >= 4 is 11.8 Å². The summed E-state index contributed by atoms with van der Waals surface area (Å²) in [5.74, 6) is -3.75. The number of carbonyl (C=O) groups is 2. The van der Waals surface area contributed by atoms with Crippen LogP contribution in [-0.4, -0.2) is 53.8 Å². The van der Waals surface area contributed by atoms with E-state index in [4.69, 9.17) is 0 Å². The summed E-state index contributed by atoms with van der Waals surface area (Å²) >= 11 is 0.